The van der Waals surface area contributed by atoms with Crippen LogP contribution in [0.3, 0.4) is 0 Å². The Kier molecular flexibility index (Phi) is 5.87. The van der Waals surface area contributed by atoms with Crippen LogP contribution in [0.4, 0.5) is 0 Å². The summed E-state index contributed by atoms with van der Waals surface area (Å²) in [6, 6.07) is 17.7. The summed E-state index contributed by atoms with van der Waals surface area (Å²) < 4.78 is 5.38. The fraction of sp³-hybridized carbons (Fsp3) is 0.217. The average molecular weight is 360 g/mol. The molecule has 4 heteroatoms. The van der Waals surface area contributed by atoms with E-state index in [4.69, 9.17) is 4.52 Å². The van der Waals surface area contributed by atoms with Crippen LogP contribution >= 0.6 is 0 Å². The first-order valence-corrected chi connectivity index (χ1v) is 9.06. The molecule has 0 fully saturated rings. The van der Waals surface area contributed by atoms with Crippen LogP contribution in [-0.2, 0) is 6.42 Å². The predicted octanol–water partition coefficient (Wildman–Crippen LogP) is 4.69. The van der Waals surface area contributed by atoms with Gasteiger partial charge in [-0.15, -0.1) is 0 Å². The first-order valence-electron chi connectivity index (χ1n) is 9.06. The zero-order valence-electron chi connectivity index (χ0n) is 15.7. The number of hydrogen-bond donors (Lipinski definition) is 1. The third-order valence-electron chi connectivity index (χ3n) is 4.67. The van der Waals surface area contributed by atoms with Crippen molar-refractivity contribution in [1.29, 1.82) is 0 Å². The molecule has 1 N–H and O–H groups in total. The van der Waals surface area contributed by atoms with Gasteiger partial charge in [0, 0.05) is 23.6 Å². The third kappa shape index (κ3) is 4.53. The second-order valence-electron chi connectivity index (χ2n) is 6.70. The molecule has 0 aliphatic rings. The molecule has 1 heterocycles. The number of carbonyl (C=O) groups excluding carboxylic acids is 1. The van der Waals surface area contributed by atoms with Gasteiger partial charge in [0.05, 0.1) is 5.69 Å². The Morgan fingerprint density at radius 2 is 1.85 bits per heavy atom. The van der Waals surface area contributed by atoms with Gasteiger partial charge < -0.3 is 9.84 Å². The zero-order valence-corrected chi connectivity index (χ0v) is 15.7. The lowest BCUT2D eigenvalue weighted by molar-refractivity contribution is 0.0950. The molecule has 1 atom stereocenters. The van der Waals surface area contributed by atoms with Crippen molar-refractivity contribution in [2.45, 2.75) is 26.2 Å². The highest BCUT2D eigenvalue weighted by Crippen LogP contribution is 2.26. The van der Waals surface area contributed by atoms with Gasteiger partial charge in [0.1, 0.15) is 5.76 Å². The van der Waals surface area contributed by atoms with E-state index in [0.29, 0.717) is 12.1 Å². The molecule has 3 aromatic rings. The molecule has 4 nitrogen and oxygen atoms in total. The molecular formula is C23H24N2O2. The summed E-state index contributed by atoms with van der Waals surface area (Å²) in [7, 11) is 0. The largest absolute Gasteiger partial charge is 0.361 e. The summed E-state index contributed by atoms with van der Waals surface area (Å²) >= 11 is 0. The Morgan fingerprint density at radius 1 is 1.15 bits per heavy atom. The van der Waals surface area contributed by atoms with Gasteiger partial charge in [-0.25, -0.2) is 0 Å². The second-order valence-corrected chi connectivity index (χ2v) is 6.70. The SMILES string of the molecule is C=Cc1c([C@H](CNC(=O)c2ccc(C)cc2)Cc2ccccc2)noc1C. The molecule has 0 saturated heterocycles. The van der Waals surface area contributed by atoms with Crippen LogP contribution in [0.1, 0.15) is 44.4 Å². The number of amides is 1. The van der Waals surface area contributed by atoms with Crippen molar-refractivity contribution in [3.8, 4) is 0 Å². The van der Waals surface area contributed by atoms with Gasteiger partial charge in [-0.05, 0) is 38.0 Å². The highest BCUT2D eigenvalue weighted by molar-refractivity contribution is 5.94. The fourth-order valence-corrected chi connectivity index (χ4v) is 3.13. The lowest BCUT2D eigenvalue weighted by atomic mass is 9.93. The molecule has 0 saturated carbocycles. The molecule has 3 rings (SSSR count). The Bertz CT molecular complexity index is 911. The molecule has 0 aliphatic carbocycles. The van der Waals surface area contributed by atoms with Gasteiger partial charge in [0.25, 0.3) is 5.91 Å². The standard InChI is InChI=1S/C23H24N2O2/c1-4-21-17(3)27-25-22(21)20(14-18-8-6-5-7-9-18)15-24-23(26)19-12-10-16(2)11-13-19/h4-13,20H,1,14-15H2,2-3H3,(H,24,26)/t20-/m0/s1. The van der Waals surface area contributed by atoms with Gasteiger partial charge in [0.15, 0.2) is 0 Å². The Hall–Kier alpha value is -3.14. The number of aromatic nitrogens is 1. The van der Waals surface area contributed by atoms with Crippen LogP contribution in [0.15, 0.2) is 65.7 Å². The number of nitrogens with one attached hydrogen (secondary N) is 1. The minimum atomic E-state index is -0.0894. The molecule has 0 bridgehead atoms. The second kappa shape index (κ2) is 8.49. The van der Waals surface area contributed by atoms with Crippen molar-refractivity contribution in [3.63, 3.8) is 0 Å². The number of benzene rings is 2. The quantitative estimate of drug-likeness (QED) is 0.665. The third-order valence-corrected chi connectivity index (χ3v) is 4.67. The lowest BCUT2D eigenvalue weighted by Crippen LogP contribution is -2.29. The maximum Gasteiger partial charge on any atom is 0.251 e. The van der Waals surface area contributed by atoms with Crippen LogP contribution in [0, 0.1) is 13.8 Å². The molecule has 27 heavy (non-hydrogen) atoms. The number of hydrogen-bond acceptors (Lipinski definition) is 3. The van der Waals surface area contributed by atoms with Crippen LogP contribution in [0.5, 0.6) is 0 Å². The molecule has 2 aromatic carbocycles. The van der Waals surface area contributed by atoms with Crippen molar-refractivity contribution in [3.05, 3.63) is 94.9 Å². The molecule has 1 aromatic heterocycles. The Balaban J connectivity index is 1.80. The fourth-order valence-electron chi connectivity index (χ4n) is 3.13. The van der Waals surface area contributed by atoms with Gasteiger partial charge in [-0.1, -0.05) is 65.8 Å². The van der Waals surface area contributed by atoms with Gasteiger partial charge in [-0.3, -0.25) is 4.79 Å². The first kappa shape index (κ1) is 18.6. The maximum absolute atomic E-state index is 12.5. The van der Waals surface area contributed by atoms with E-state index in [0.717, 1.165) is 29.0 Å². The summed E-state index contributed by atoms with van der Waals surface area (Å²) in [4.78, 5) is 12.5. The normalized spacial score (nSPS) is 11.8. The molecule has 138 valence electrons. The van der Waals surface area contributed by atoms with Gasteiger partial charge in [-0.2, -0.15) is 0 Å². The van der Waals surface area contributed by atoms with E-state index in [-0.39, 0.29) is 11.8 Å². The molecule has 0 spiro atoms. The van der Waals surface area contributed by atoms with E-state index < -0.39 is 0 Å². The van der Waals surface area contributed by atoms with E-state index in [1.807, 2.05) is 56.3 Å². The topological polar surface area (TPSA) is 55.1 Å². The number of rotatable bonds is 7. The van der Waals surface area contributed by atoms with Gasteiger partial charge in [0.2, 0.25) is 0 Å². The number of nitrogens with zero attached hydrogens (tertiary/aromatic N) is 1. The van der Waals surface area contributed by atoms with Crippen molar-refractivity contribution >= 4 is 12.0 Å². The van der Waals surface area contributed by atoms with Crippen molar-refractivity contribution in [2.75, 3.05) is 6.54 Å². The number of aryl methyl sites for hydroxylation is 2. The summed E-state index contributed by atoms with van der Waals surface area (Å²) in [6.07, 6.45) is 2.52. The first-order chi connectivity index (χ1) is 13.1. The Labute approximate surface area is 159 Å². The minimum Gasteiger partial charge on any atom is -0.361 e. The van der Waals surface area contributed by atoms with Gasteiger partial charge >= 0.3 is 0 Å². The van der Waals surface area contributed by atoms with Crippen LogP contribution in [0.2, 0.25) is 0 Å². The molecule has 0 aliphatic heterocycles. The minimum absolute atomic E-state index is 0.00718. The van der Waals surface area contributed by atoms with E-state index in [2.05, 4.69) is 29.2 Å². The summed E-state index contributed by atoms with van der Waals surface area (Å²) in [6.45, 7) is 8.22. The molecule has 0 radical (unpaired) electrons. The summed E-state index contributed by atoms with van der Waals surface area (Å²) in [5.41, 5.74) is 4.69. The van der Waals surface area contributed by atoms with Crippen molar-refractivity contribution < 1.29 is 9.32 Å². The molecule has 0 unspecified atom stereocenters. The monoisotopic (exact) mass is 360 g/mol. The predicted molar refractivity (Wildman–Crippen MR) is 108 cm³/mol. The van der Waals surface area contributed by atoms with Crippen molar-refractivity contribution in [2.24, 2.45) is 0 Å². The summed E-state index contributed by atoms with van der Waals surface area (Å²) in [5.74, 6) is 0.642. The number of carbonyl (C=O) groups is 1. The van der Waals surface area contributed by atoms with Crippen LogP contribution in [0.25, 0.3) is 6.08 Å². The summed E-state index contributed by atoms with van der Waals surface area (Å²) in [5, 5.41) is 7.29. The highest BCUT2D eigenvalue weighted by atomic mass is 16.5. The van der Waals surface area contributed by atoms with E-state index in [9.17, 15) is 4.79 Å². The van der Waals surface area contributed by atoms with E-state index in [1.54, 1.807) is 6.08 Å². The van der Waals surface area contributed by atoms with Crippen LogP contribution in [-0.4, -0.2) is 17.6 Å². The highest BCUT2D eigenvalue weighted by Gasteiger charge is 2.22. The lowest BCUT2D eigenvalue weighted by Gasteiger charge is -2.17. The van der Waals surface area contributed by atoms with E-state index in [1.165, 1.54) is 5.56 Å². The smallest absolute Gasteiger partial charge is 0.251 e. The van der Waals surface area contributed by atoms with Crippen molar-refractivity contribution in [1.82, 2.24) is 10.5 Å². The zero-order chi connectivity index (χ0) is 19.2. The average Bonchev–Trinajstić information content (AvgIpc) is 3.06. The van der Waals surface area contributed by atoms with E-state index >= 15 is 0 Å². The Morgan fingerprint density at radius 3 is 2.52 bits per heavy atom. The molecule has 1 amide bonds. The maximum atomic E-state index is 12.5. The molecular weight excluding hydrogens is 336 g/mol. The van der Waals surface area contributed by atoms with Crippen LogP contribution < -0.4 is 5.32 Å².